The summed E-state index contributed by atoms with van der Waals surface area (Å²) in [6.07, 6.45) is 4.04. The highest BCUT2D eigenvalue weighted by Gasteiger charge is 2.34. The van der Waals surface area contributed by atoms with Crippen LogP contribution >= 0.6 is 0 Å². The standard InChI is InChI=1S/C14H21N3/c1-10-3-2-4-13(14(10)15)16-11-7-8-17(9-11)12-5-6-12/h2-4,11-12,16H,5-9,15H2,1H3. The Morgan fingerprint density at radius 1 is 1.29 bits per heavy atom. The van der Waals surface area contributed by atoms with Gasteiger partial charge >= 0.3 is 0 Å². The first-order valence-electron chi connectivity index (χ1n) is 6.60. The van der Waals surface area contributed by atoms with Crippen molar-refractivity contribution in [3.63, 3.8) is 0 Å². The van der Waals surface area contributed by atoms with Gasteiger partial charge in [-0.15, -0.1) is 0 Å². The minimum Gasteiger partial charge on any atom is -0.397 e. The maximum absolute atomic E-state index is 6.09. The Morgan fingerprint density at radius 3 is 2.88 bits per heavy atom. The van der Waals surface area contributed by atoms with Crippen LogP contribution in [0.1, 0.15) is 24.8 Å². The van der Waals surface area contributed by atoms with Crippen LogP contribution in [0.15, 0.2) is 18.2 Å². The molecule has 1 unspecified atom stereocenters. The number of hydrogen-bond acceptors (Lipinski definition) is 3. The van der Waals surface area contributed by atoms with Crippen molar-refractivity contribution in [2.24, 2.45) is 0 Å². The lowest BCUT2D eigenvalue weighted by atomic mass is 10.1. The molecule has 3 nitrogen and oxygen atoms in total. The molecule has 0 bridgehead atoms. The zero-order valence-electron chi connectivity index (χ0n) is 10.4. The molecule has 1 saturated carbocycles. The first kappa shape index (κ1) is 10.9. The van der Waals surface area contributed by atoms with Gasteiger partial charge in [0.05, 0.1) is 11.4 Å². The SMILES string of the molecule is Cc1cccc(NC2CCN(C3CC3)C2)c1N. The number of anilines is 2. The quantitative estimate of drug-likeness (QED) is 0.784. The fraction of sp³-hybridized carbons (Fsp3) is 0.571. The number of aryl methyl sites for hydroxylation is 1. The smallest absolute Gasteiger partial charge is 0.0579 e. The number of para-hydroxylation sites is 1. The van der Waals surface area contributed by atoms with E-state index < -0.39 is 0 Å². The van der Waals surface area contributed by atoms with Gasteiger partial charge in [-0.1, -0.05) is 12.1 Å². The summed E-state index contributed by atoms with van der Waals surface area (Å²) < 4.78 is 0. The largest absolute Gasteiger partial charge is 0.397 e. The van der Waals surface area contributed by atoms with Crippen molar-refractivity contribution in [2.75, 3.05) is 24.1 Å². The molecule has 0 aromatic heterocycles. The summed E-state index contributed by atoms with van der Waals surface area (Å²) in [5.74, 6) is 0. The van der Waals surface area contributed by atoms with E-state index in [4.69, 9.17) is 5.73 Å². The van der Waals surface area contributed by atoms with Crippen molar-refractivity contribution in [3.8, 4) is 0 Å². The fourth-order valence-electron chi connectivity index (χ4n) is 2.70. The van der Waals surface area contributed by atoms with Crippen LogP contribution in [-0.4, -0.2) is 30.1 Å². The van der Waals surface area contributed by atoms with E-state index in [9.17, 15) is 0 Å². The number of nitrogens with two attached hydrogens (primary N) is 1. The molecule has 0 radical (unpaired) electrons. The van der Waals surface area contributed by atoms with Gasteiger partial charge in [0.2, 0.25) is 0 Å². The highest BCUT2D eigenvalue weighted by molar-refractivity contribution is 5.69. The molecule has 1 heterocycles. The minimum atomic E-state index is 0.569. The van der Waals surface area contributed by atoms with E-state index in [1.54, 1.807) is 0 Å². The summed E-state index contributed by atoms with van der Waals surface area (Å²) in [4.78, 5) is 2.61. The molecular weight excluding hydrogens is 210 g/mol. The van der Waals surface area contributed by atoms with Gasteiger partial charge in [-0.25, -0.2) is 0 Å². The monoisotopic (exact) mass is 231 g/mol. The molecule has 1 aliphatic carbocycles. The van der Waals surface area contributed by atoms with Crippen LogP contribution in [0.3, 0.4) is 0 Å². The van der Waals surface area contributed by atoms with Gasteiger partial charge in [-0.3, -0.25) is 4.90 Å². The van der Waals surface area contributed by atoms with Crippen molar-refractivity contribution < 1.29 is 0 Å². The predicted octanol–water partition coefficient (Wildman–Crippen LogP) is 2.23. The first-order chi connectivity index (χ1) is 8.24. The molecule has 1 saturated heterocycles. The molecule has 17 heavy (non-hydrogen) atoms. The second-order valence-corrected chi connectivity index (χ2v) is 5.39. The molecule has 1 atom stereocenters. The third-order valence-electron chi connectivity index (χ3n) is 3.97. The van der Waals surface area contributed by atoms with E-state index in [1.807, 2.05) is 0 Å². The average molecular weight is 231 g/mol. The summed E-state index contributed by atoms with van der Waals surface area (Å²) in [6, 6.07) is 7.67. The van der Waals surface area contributed by atoms with Crippen LogP contribution in [0, 0.1) is 6.92 Å². The summed E-state index contributed by atoms with van der Waals surface area (Å²) in [5.41, 5.74) is 9.26. The zero-order chi connectivity index (χ0) is 11.8. The Bertz CT molecular complexity index is 412. The molecule has 2 fully saturated rings. The van der Waals surface area contributed by atoms with Gasteiger partial charge in [0.15, 0.2) is 0 Å². The third kappa shape index (κ3) is 2.25. The highest BCUT2D eigenvalue weighted by atomic mass is 15.2. The van der Waals surface area contributed by atoms with E-state index in [0.29, 0.717) is 6.04 Å². The Morgan fingerprint density at radius 2 is 2.12 bits per heavy atom. The molecule has 2 aliphatic rings. The van der Waals surface area contributed by atoms with Gasteiger partial charge in [-0.2, -0.15) is 0 Å². The Balaban J connectivity index is 1.65. The van der Waals surface area contributed by atoms with E-state index in [0.717, 1.165) is 23.0 Å². The van der Waals surface area contributed by atoms with Crippen molar-refractivity contribution >= 4 is 11.4 Å². The number of rotatable bonds is 3. The normalized spacial score (nSPS) is 25.1. The number of hydrogen-bond donors (Lipinski definition) is 2. The van der Waals surface area contributed by atoms with Crippen LogP contribution in [-0.2, 0) is 0 Å². The van der Waals surface area contributed by atoms with Crippen LogP contribution in [0.5, 0.6) is 0 Å². The molecule has 0 amide bonds. The second kappa shape index (κ2) is 4.22. The molecule has 1 aromatic rings. The molecule has 0 spiro atoms. The van der Waals surface area contributed by atoms with Crippen molar-refractivity contribution in [1.29, 1.82) is 0 Å². The average Bonchev–Trinajstić information content (AvgIpc) is 3.06. The molecular formula is C14H21N3. The van der Waals surface area contributed by atoms with E-state index in [1.165, 1.54) is 32.4 Å². The lowest BCUT2D eigenvalue weighted by Gasteiger charge is -2.18. The molecule has 3 rings (SSSR count). The van der Waals surface area contributed by atoms with Crippen molar-refractivity contribution in [2.45, 2.75) is 38.3 Å². The van der Waals surface area contributed by atoms with Crippen LogP contribution in [0.25, 0.3) is 0 Å². The Hall–Kier alpha value is -1.22. The maximum atomic E-state index is 6.09. The summed E-state index contributed by atoms with van der Waals surface area (Å²) >= 11 is 0. The Kier molecular flexibility index (Phi) is 2.71. The van der Waals surface area contributed by atoms with Crippen LogP contribution in [0.4, 0.5) is 11.4 Å². The van der Waals surface area contributed by atoms with Crippen molar-refractivity contribution in [1.82, 2.24) is 4.90 Å². The molecule has 3 N–H and O–H groups in total. The van der Waals surface area contributed by atoms with Crippen LogP contribution < -0.4 is 11.1 Å². The molecule has 92 valence electrons. The third-order valence-corrected chi connectivity index (χ3v) is 3.97. The second-order valence-electron chi connectivity index (χ2n) is 5.39. The number of likely N-dealkylation sites (tertiary alicyclic amines) is 1. The zero-order valence-corrected chi connectivity index (χ0v) is 10.4. The minimum absolute atomic E-state index is 0.569. The first-order valence-corrected chi connectivity index (χ1v) is 6.60. The van der Waals surface area contributed by atoms with Gasteiger partial charge in [0.25, 0.3) is 0 Å². The van der Waals surface area contributed by atoms with E-state index in [2.05, 4.69) is 35.3 Å². The molecule has 3 heteroatoms. The van der Waals surface area contributed by atoms with Crippen molar-refractivity contribution in [3.05, 3.63) is 23.8 Å². The molecule has 1 aromatic carbocycles. The lowest BCUT2D eigenvalue weighted by molar-refractivity contribution is 0.326. The molecule has 1 aliphatic heterocycles. The Labute approximate surface area is 103 Å². The van der Waals surface area contributed by atoms with Crippen LogP contribution in [0.2, 0.25) is 0 Å². The predicted molar refractivity (Wildman–Crippen MR) is 72.2 cm³/mol. The topological polar surface area (TPSA) is 41.3 Å². The summed E-state index contributed by atoms with van der Waals surface area (Å²) in [7, 11) is 0. The number of nitrogen functional groups attached to an aromatic ring is 1. The summed E-state index contributed by atoms with van der Waals surface area (Å²) in [6.45, 7) is 4.48. The van der Waals surface area contributed by atoms with Gasteiger partial charge in [0.1, 0.15) is 0 Å². The maximum Gasteiger partial charge on any atom is 0.0579 e. The van der Waals surface area contributed by atoms with E-state index >= 15 is 0 Å². The van der Waals surface area contributed by atoms with E-state index in [-0.39, 0.29) is 0 Å². The number of nitrogens with zero attached hydrogens (tertiary/aromatic N) is 1. The number of benzene rings is 1. The van der Waals surface area contributed by atoms with Gasteiger partial charge in [0, 0.05) is 25.2 Å². The lowest BCUT2D eigenvalue weighted by Crippen LogP contribution is -2.28. The van der Waals surface area contributed by atoms with Gasteiger partial charge in [-0.05, 0) is 37.8 Å². The fourth-order valence-corrected chi connectivity index (χ4v) is 2.70. The summed E-state index contributed by atoms with van der Waals surface area (Å²) in [5, 5.41) is 3.60. The number of nitrogens with one attached hydrogen (secondary N) is 1. The van der Waals surface area contributed by atoms with Gasteiger partial charge < -0.3 is 11.1 Å². The highest BCUT2D eigenvalue weighted by Crippen LogP contribution is 2.31.